The van der Waals surface area contributed by atoms with Gasteiger partial charge in [0.05, 0.1) is 19.6 Å². The predicted molar refractivity (Wildman–Crippen MR) is 40.2 cm³/mol. The summed E-state index contributed by atoms with van der Waals surface area (Å²) in [5, 5.41) is 0. The molecule has 3 heteroatoms. The van der Waals surface area contributed by atoms with Gasteiger partial charge in [0.25, 0.3) is 0 Å². The first-order chi connectivity index (χ1) is 5.33. The Morgan fingerprint density at radius 3 is 3.00 bits per heavy atom. The maximum absolute atomic E-state index is 10.8. The van der Waals surface area contributed by atoms with E-state index in [0.717, 1.165) is 19.4 Å². The van der Waals surface area contributed by atoms with Crippen molar-refractivity contribution in [1.29, 1.82) is 0 Å². The van der Waals surface area contributed by atoms with Crippen LogP contribution in [0.25, 0.3) is 0 Å². The van der Waals surface area contributed by atoms with Crippen LogP contribution in [0.5, 0.6) is 0 Å². The molecule has 0 aromatic rings. The van der Waals surface area contributed by atoms with E-state index in [1.165, 1.54) is 13.5 Å². The highest BCUT2D eigenvalue weighted by molar-refractivity contribution is 5.69. The second-order valence-corrected chi connectivity index (χ2v) is 2.77. The predicted octanol–water partition coefficient (Wildman–Crippen LogP) is 1.12. The summed E-state index contributed by atoms with van der Waals surface area (Å²) in [5.41, 5.74) is 0. The summed E-state index contributed by atoms with van der Waals surface area (Å²) in [6.07, 6.45) is 3.81. The van der Waals surface area contributed by atoms with Crippen molar-refractivity contribution in [2.24, 2.45) is 0 Å². The van der Waals surface area contributed by atoms with E-state index in [1.807, 2.05) is 0 Å². The molecule has 1 atom stereocenters. The van der Waals surface area contributed by atoms with Gasteiger partial charge >= 0.3 is 5.97 Å². The molecule has 1 saturated heterocycles. The zero-order chi connectivity index (χ0) is 8.10. The van der Waals surface area contributed by atoms with Gasteiger partial charge in [0.1, 0.15) is 0 Å². The Morgan fingerprint density at radius 2 is 2.45 bits per heavy atom. The SMILES string of the molecule is COC(=O)CC1CCCCO1. The van der Waals surface area contributed by atoms with Crippen molar-refractivity contribution < 1.29 is 14.3 Å². The maximum atomic E-state index is 10.8. The van der Waals surface area contributed by atoms with Crippen molar-refractivity contribution in [2.45, 2.75) is 31.8 Å². The van der Waals surface area contributed by atoms with E-state index in [0.29, 0.717) is 6.42 Å². The van der Waals surface area contributed by atoms with E-state index in [2.05, 4.69) is 4.74 Å². The zero-order valence-electron chi connectivity index (χ0n) is 6.84. The molecule has 3 nitrogen and oxygen atoms in total. The molecule has 1 fully saturated rings. The van der Waals surface area contributed by atoms with Crippen LogP contribution in [-0.2, 0) is 14.3 Å². The molecule has 1 aliphatic rings. The van der Waals surface area contributed by atoms with Crippen LogP contribution < -0.4 is 0 Å². The highest BCUT2D eigenvalue weighted by Gasteiger charge is 2.17. The first-order valence-corrected chi connectivity index (χ1v) is 4.01. The van der Waals surface area contributed by atoms with E-state index in [1.54, 1.807) is 0 Å². The number of methoxy groups -OCH3 is 1. The normalized spacial score (nSPS) is 24.6. The fourth-order valence-corrected chi connectivity index (χ4v) is 1.24. The maximum Gasteiger partial charge on any atom is 0.308 e. The minimum atomic E-state index is -0.170. The first kappa shape index (κ1) is 8.53. The lowest BCUT2D eigenvalue weighted by Gasteiger charge is -2.21. The standard InChI is InChI=1S/C8H14O3/c1-10-8(9)6-7-4-2-3-5-11-7/h7H,2-6H2,1H3. The van der Waals surface area contributed by atoms with Crippen molar-refractivity contribution >= 4 is 5.97 Å². The second-order valence-electron chi connectivity index (χ2n) is 2.77. The Kier molecular flexibility index (Phi) is 3.36. The van der Waals surface area contributed by atoms with Crippen LogP contribution in [0.2, 0.25) is 0 Å². The smallest absolute Gasteiger partial charge is 0.308 e. The molecule has 0 spiro atoms. The number of esters is 1. The van der Waals surface area contributed by atoms with Gasteiger partial charge in [0.2, 0.25) is 0 Å². The van der Waals surface area contributed by atoms with Crippen LogP contribution in [0.15, 0.2) is 0 Å². The van der Waals surface area contributed by atoms with Gasteiger partial charge in [-0.25, -0.2) is 0 Å². The molecule has 0 aliphatic carbocycles. The monoisotopic (exact) mass is 158 g/mol. The van der Waals surface area contributed by atoms with E-state index >= 15 is 0 Å². The molecule has 0 radical (unpaired) electrons. The second kappa shape index (κ2) is 4.34. The largest absolute Gasteiger partial charge is 0.469 e. The number of hydrogen-bond acceptors (Lipinski definition) is 3. The Morgan fingerprint density at radius 1 is 1.64 bits per heavy atom. The molecule has 0 amide bonds. The molecule has 0 aromatic heterocycles. The van der Waals surface area contributed by atoms with Gasteiger partial charge in [0.15, 0.2) is 0 Å². The third-order valence-electron chi connectivity index (χ3n) is 1.90. The minimum absolute atomic E-state index is 0.108. The Bertz CT molecular complexity index is 127. The zero-order valence-corrected chi connectivity index (χ0v) is 6.84. The summed E-state index contributed by atoms with van der Waals surface area (Å²) in [6, 6.07) is 0. The van der Waals surface area contributed by atoms with Gasteiger partial charge in [-0.15, -0.1) is 0 Å². The van der Waals surface area contributed by atoms with Crippen molar-refractivity contribution in [2.75, 3.05) is 13.7 Å². The van der Waals surface area contributed by atoms with Gasteiger partial charge in [-0.05, 0) is 19.3 Å². The number of carbonyl (C=O) groups is 1. The van der Waals surface area contributed by atoms with Gasteiger partial charge in [-0.1, -0.05) is 0 Å². The summed E-state index contributed by atoms with van der Waals surface area (Å²) in [5.74, 6) is -0.170. The van der Waals surface area contributed by atoms with Gasteiger partial charge in [-0.3, -0.25) is 4.79 Å². The molecule has 11 heavy (non-hydrogen) atoms. The van der Waals surface area contributed by atoms with Crippen LogP contribution >= 0.6 is 0 Å². The minimum Gasteiger partial charge on any atom is -0.469 e. The quantitative estimate of drug-likeness (QED) is 0.565. The third kappa shape index (κ3) is 2.89. The first-order valence-electron chi connectivity index (χ1n) is 4.01. The Labute approximate surface area is 66.7 Å². The van der Waals surface area contributed by atoms with E-state index in [9.17, 15) is 4.79 Å². The van der Waals surface area contributed by atoms with Crippen LogP contribution in [0.3, 0.4) is 0 Å². The van der Waals surface area contributed by atoms with Crippen molar-refractivity contribution in [3.63, 3.8) is 0 Å². The third-order valence-corrected chi connectivity index (χ3v) is 1.90. The molecular weight excluding hydrogens is 144 g/mol. The number of carbonyl (C=O) groups excluding carboxylic acids is 1. The molecule has 0 N–H and O–H groups in total. The molecule has 1 aliphatic heterocycles. The number of ether oxygens (including phenoxy) is 2. The summed E-state index contributed by atoms with van der Waals surface area (Å²) >= 11 is 0. The summed E-state index contributed by atoms with van der Waals surface area (Å²) < 4.78 is 9.88. The lowest BCUT2D eigenvalue weighted by Crippen LogP contribution is -2.22. The molecular formula is C8H14O3. The molecule has 1 heterocycles. The molecule has 0 aromatic carbocycles. The number of rotatable bonds is 2. The lowest BCUT2D eigenvalue weighted by molar-refractivity contribution is -0.144. The van der Waals surface area contributed by atoms with Crippen LogP contribution in [0, 0.1) is 0 Å². The van der Waals surface area contributed by atoms with Crippen LogP contribution in [0.4, 0.5) is 0 Å². The molecule has 1 unspecified atom stereocenters. The lowest BCUT2D eigenvalue weighted by atomic mass is 10.1. The fraction of sp³-hybridized carbons (Fsp3) is 0.875. The van der Waals surface area contributed by atoms with Gasteiger partial charge in [-0.2, -0.15) is 0 Å². The average Bonchev–Trinajstić information content (AvgIpc) is 2.06. The topological polar surface area (TPSA) is 35.5 Å². The molecule has 0 saturated carbocycles. The van der Waals surface area contributed by atoms with Crippen molar-refractivity contribution in [3.05, 3.63) is 0 Å². The molecule has 64 valence electrons. The van der Waals surface area contributed by atoms with Gasteiger partial charge < -0.3 is 9.47 Å². The number of hydrogen-bond donors (Lipinski definition) is 0. The van der Waals surface area contributed by atoms with E-state index < -0.39 is 0 Å². The van der Waals surface area contributed by atoms with Crippen molar-refractivity contribution in [3.8, 4) is 0 Å². The van der Waals surface area contributed by atoms with Crippen LogP contribution in [0.1, 0.15) is 25.7 Å². The highest BCUT2D eigenvalue weighted by atomic mass is 16.5. The summed E-state index contributed by atoms with van der Waals surface area (Å²) in [7, 11) is 1.41. The van der Waals surface area contributed by atoms with E-state index in [-0.39, 0.29) is 12.1 Å². The Balaban J connectivity index is 2.19. The highest BCUT2D eigenvalue weighted by Crippen LogP contribution is 2.15. The summed E-state index contributed by atoms with van der Waals surface area (Å²) in [4.78, 5) is 10.8. The van der Waals surface area contributed by atoms with Crippen LogP contribution in [-0.4, -0.2) is 25.8 Å². The molecule has 0 bridgehead atoms. The fourth-order valence-electron chi connectivity index (χ4n) is 1.24. The van der Waals surface area contributed by atoms with E-state index in [4.69, 9.17) is 4.74 Å². The Hall–Kier alpha value is -0.570. The molecule has 1 rings (SSSR count). The summed E-state index contributed by atoms with van der Waals surface area (Å²) in [6.45, 7) is 0.793. The van der Waals surface area contributed by atoms with Crippen molar-refractivity contribution in [1.82, 2.24) is 0 Å². The van der Waals surface area contributed by atoms with Gasteiger partial charge in [0, 0.05) is 6.61 Å². The average molecular weight is 158 g/mol.